The summed E-state index contributed by atoms with van der Waals surface area (Å²) in [6.07, 6.45) is 4.41. The first-order valence-corrected chi connectivity index (χ1v) is 10.5. The fraction of sp³-hybridized carbons (Fsp3) is 0.444. The maximum Gasteiger partial charge on any atom is 0.152 e. The second-order valence-corrected chi connectivity index (χ2v) is 9.01. The first-order valence-electron chi connectivity index (χ1n) is 8.64. The van der Waals surface area contributed by atoms with Crippen LogP contribution in [0.25, 0.3) is 0 Å². The van der Waals surface area contributed by atoms with Gasteiger partial charge >= 0.3 is 0 Å². The third-order valence-corrected chi connectivity index (χ3v) is 6.89. The SMILES string of the molecule is CN(c1cc(N2CCCc3ccccc32)ncn1)C1CCS(=O)(=O)C1. The highest BCUT2D eigenvalue weighted by molar-refractivity contribution is 7.91. The third kappa shape index (κ3) is 3.20. The van der Waals surface area contributed by atoms with Crippen molar-refractivity contribution in [1.82, 2.24) is 9.97 Å². The summed E-state index contributed by atoms with van der Waals surface area (Å²) in [5, 5.41) is 0. The number of sulfone groups is 1. The van der Waals surface area contributed by atoms with Crippen LogP contribution < -0.4 is 9.80 Å². The van der Waals surface area contributed by atoms with Gasteiger partial charge in [0.05, 0.1) is 11.5 Å². The maximum absolute atomic E-state index is 11.8. The Kier molecular flexibility index (Phi) is 4.11. The van der Waals surface area contributed by atoms with Gasteiger partial charge in [-0.3, -0.25) is 0 Å². The Morgan fingerprint density at radius 2 is 2.08 bits per heavy atom. The molecule has 25 heavy (non-hydrogen) atoms. The van der Waals surface area contributed by atoms with Gasteiger partial charge in [0.2, 0.25) is 0 Å². The molecule has 2 aliphatic heterocycles. The van der Waals surface area contributed by atoms with Crippen LogP contribution in [0.3, 0.4) is 0 Å². The van der Waals surface area contributed by atoms with Crippen molar-refractivity contribution in [2.24, 2.45) is 0 Å². The minimum absolute atomic E-state index is 0.0126. The van der Waals surface area contributed by atoms with E-state index in [1.165, 1.54) is 11.3 Å². The Labute approximate surface area is 148 Å². The number of fused-ring (bicyclic) bond motifs is 1. The Balaban J connectivity index is 1.63. The number of hydrogen-bond donors (Lipinski definition) is 0. The van der Waals surface area contributed by atoms with Crippen molar-refractivity contribution in [2.75, 3.05) is 34.9 Å². The van der Waals surface area contributed by atoms with Crippen molar-refractivity contribution >= 4 is 27.2 Å². The molecule has 6 nitrogen and oxygen atoms in total. The number of para-hydroxylation sites is 1. The van der Waals surface area contributed by atoms with E-state index in [0.29, 0.717) is 6.42 Å². The van der Waals surface area contributed by atoms with Crippen LogP contribution in [-0.4, -0.2) is 49.5 Å². The van der Waals surface area contributed by atoms with Crippen molar-refractivity contribution in [3.05, 3.63) is 42.2 Å². The molecular weight excluding hydrogens is 336 g/mol. The first-order chi connectivity index (χ1) is 12.0. The van der Waals surface area contributed by atoms with E-state index >= 15 is 0 Å². The number of aryl methyl sites for hydroxylation is 1. The van der Waals surface area contributed by atoms with Gasteiger partial charge in [0.1, 0.15) is 18.0 Å². The lowest BCUT2D eigenvalue weighted by molar-refractivity contribution is 0.600. The lowest BCUT2D eigenvalue weighted by Crippen LogP contribution is -2.33. The summed E-state index contributed by atoms with van der Waals surface area (Å²) < 4.78 is 23.5. The van der Waals surface area contributed by atoms with E-state index in [4.69, 9.17) is 0 Å². The molecule has 2 aromatic rings. The van der Waals surface area contributed by atoms with Gasteiger partial charge in [-0.2, -0.15) is 0 Å². The zero-order valence-corrected chi connectivity index (χ0v) is 15.1. The summed E-state index contributed by atoms with van der Waals surface area (Å²) in [4.78, 5) is 13.0. The summed E-state index contributed by atoms with van der Waals surface area (Å²) in [5.74, 6) is 2.11. The standard InChI is InChI=1S/C18H22N4O2S/c1-21(15-8-10-25(23,24)12-15)17-11-18(20-13-19-17)22-9-4-6-14-5-2-3-7-16(14)22/h2-3,5,7,11,13,15H,4,6,8-10,12H2,1H3. The molecule has 1 aromatic heterocycles. The van der Waals surface area contributed by atoms with Gasteiger partial charge in [-0.1, -0.05) is 18.2 Å². The number of benzene rings is 1. The summed E-state index contributed by atoms with van der Waals surface area (Å²) in [6.45, 7) is 0.926. The summed E-state index contributed by atoms with van der Waals surface area (Å²) >= 11 is 0. The molecule has 4 rings (SSSR count). The van der Waals surface area contributed by atoms with Crippen LogP contribution in [0.5, 0.6) is 0 Å². The van der Waals surface area contributed by atoms with Gasteiger partial charge in [0.25, 0.3) is 0 Å². The fourth-order valence-corrected chi connectivity index (χ4v) is 5.49. The molecule has 1 atom stereocenters. The number of hydrogen-bond acceptors (Lipinski definition) is 6. The van der Waals surface area contributed by atoms with E-state index in [2.05, 4.69) is 39.1 Å². The molecule has 0 aliphatic carbocycles. The van der Waals surface area contributed by atoms with E-state index in [1.54, 1.807) is 6.33 Å². The molecule has 0 N–H and O–H groups in total. The lowest BCUT2D eigenvalue weighted by atomic mass is 10.0. The van der Waals surface area contributed by atoms with Gasteiger partial charge in [0.15, 0.2) is 9.84 Å². The highest BCUT2D eigenvalue weighted by atomic mass is 32.2. The predicted molar refractivity (Wildman–Crippen MR) is 99.3 cm³/mol. The van der Waals surface area contributed by atoms with Gasteiger partial charge in [-0.25, -0.2) is 18.4 Å². The molecule has 1 aromatic carbocycles. The molecule has 132 valence electrons. The topological polar surface area (TPSA) is 66.4 Å². The van der Waals surface area contributed by atoms with Crippen LogP contribution in [0.1, 0.15) is 18.4 Å². The number of rotatable bonds is 3. The molecule has 2 aliphatic rings. The van der Waals surface area contributed by atoms with Crippen LogP contribution in [0.2, 0.25) is 0 Å². The Morgan fingerprint density at radius 3 is 2.88 bits per heavy atom. The molecule has 1 saturated heterocycles. The highest BCUT2D eigenvalue weighted by Crippen LogP contribution is 2.33. The summed E-state index contributed by atoms with van der Waals surface area (Å²) in [7, 11) is -0.996. The van der Waals surface area contributed by atoms with E-state index in [-0.39, 0.29) is 17.5 Å². The fourth-order valence-electron chi connectivity index (χ4n) is 3.72. The second-order valence-electron chi connectivity index (χ2n) is 6.79. The minimum Gasteiger partial charge on any atom is -0.355 e. The van der Waals surface area contributed by atoms with Gasteiger partial charge in [-0.05, 0) is 30.9 Å². The number of aromatic nitrogens is 2. The molecule has 0 bridgehead atoms. The molecule has 1 fully saturated rings. The molecule has 0 spiro atoms. The van der Waals surface area contributed by atoms with Crippen LogP contribution in [0.4, 0.5) is 17.3 Å². The van der Waals surface area contributed by atoms with E-state index in [9.17, 15) is 8.42 Å². The smallest absolute Gasteiger partial charge is 0.152 e. The van der Waals surface area contributed by atoms with E-state index in [0.717, 1.165) is 31.0 Å². The first kappa shape index (κ1) is 16.3. The Hall–Kier alpha value is -2.15. The molecule has 1 unspecified atom stereocenters. The third-order valence-electron chi connectivity index (χ3n) is 5.14. The predicted octanol–water partition coefficient (Wildman–Crippen LogP) is 2.18. The van der Waals surface area contributed by atoms with Crippen LogP contribution in [0.15, 0.2) is 36.7 Å². The van der Waals surface area contributed by atoms with Crippen molar-refractivity contribution in [1.29, 1.82) is 0 Å². The van der Waals surface area contributed by atoms with Crippen LogP contribution in [0, 0.1) is 0 Å². The Morgan fingerprint density at radius 1 is 1.24 bits per heavy atom. The molecule has 0 amide bonds. The molecule has 0 saturated carbocycles. The number of anilines is 3. The second kappa shape index (κ2) is 6.29. The largest absolute Gasteiger partial charge is 0.355 e. The average molecular weight is 358 g/mol. The van der Waals surface area contributed by atoms with Crippen LogP contribution in [-0.2, 0) is 16.3 Å². The van der Waals surface area contributed by atoms with Crippen LogP contribution >= 0.6 is 0 Å². The molecule has 3 heterocycles. The maximum atomic E-state index is 11.8. The van der Waals surface area contributed by atoms with Gasteiger partial charge < -0.3 is 9.80 Å². The normalized spacial score (nSPS) is 21.8. The van der Waals surface area contributed by atoms with E-state index in [1.807, 2.05) is 18.0 Å². The molecule has 7 heteroatoms. The number of nitrogens with zero attached hydrogens (tertiary/aromatic N) is 4. The zero-order chi connectivity index (χ0) is 17.4. The Bertz CT molecular complexity index is 884. The van der Waals surface area contributed by atoms with Crippen molar-refractivity contribution < 1.29 is 8.42 Å². The van der Waals surface area contributed by atoms with Gasteiger partial charge in [0, 0.05) is 31.4 Å². The minimum atomic E-state index is -2.91. The van der Waals surface area contributed by atoms with Gasteiger partial charge in [-0.15, -0.1) is 0 Å². The molecule has 0 radical (unpaired) electrons. The quantitative estimate of drug-likeness (QED) is 0.838. The zero-order valence-electron chi connectivity index (χ0n) is 14.3. The van der Waals surface area contributed by atoms with Crippen molar-refractivity contribution in [3.63, 3.8) is 0 Å². The molecular formula is C18H22N4O2S. The summed E-state index contributed by atoms with van der Waals surface area (Å²) in [5.41, 5.74) is 2.54. The van der Waals surface area contributed by atoms with Crippen molar-refractivity contribution in [3.8, 4) is 0 Å². The highest BCUT2D eigenvalue weighted by Gasteiger charge is 2.31. The monoisotopic (exact) mass is 358 g/mol. The average Bonchev–Trinajstić information content (AvgIpc) is 3.00. The van der Waals surface area contributed by atoms with Crippen molar-refractivity contribution in [2.45, 2.75) is 25.3 Å². The summed E-state index contributed by atoms with van der Waals surface area (Å²) in [6, 6.07) is 10.4. The lowest BCUT2D eigenvalue weighted by Gasteiger charge is -2.31. The van der Waals surface area contributed by atoms with E-state index < -0.39 is 9.84 Å².